The van der Waals surface area contributed by atoms with Crippen LogP contribution in [0, 0.1) is 5.92 Å². The van der Waals surface area contributed by atoms with Crippen molar-refractivity contribution in [3.63, 3.8) is 0 Å². The van der Waals surface area contributed by atoms with Gasteiger partial charge in [-0.3, -0.25) is 4.79 Å². The van der Waals surface area contributed by atoms with Gasteiger partial charge in [-0.25, -0.2) is 0 Å². The second-order valence-corrected chi connectivity index (χ2v) is 4.61. The Bertz CT molecular complexity index is 370. The molecular formula is C13H16O3. The van der Waals surface area contributed by atoms with Gasteiger partial charge in [0.2, 0.25) is 0 Å². The van der Waals surface area contributed by atoms with Crippen LogP contribution in [0.5, 0.6) is 0 Å². The first-order valence-corrected chi connectivity index (χ1v) is 5.49. The summed E-state index contributed by atoms with van der Waals surface area (Å²) in [5.41, 5.74) is 0.0739. The van der Waals surface area contributed by atoms with Crippen molar-refractivity contribution in [1.82, 2.24) is 0 Å². The summed E-state index contributed by atoms with van der Waals surface area (Å²) in [6.45, 7) is 3.17. The van der Waals surface area contributed by atoms with Gasteiger partial charge in [0.05, 0.1) is 18.6 Å². The maximum Gasteiger partial charge on any atom is 0.313 e. The van der Waals surface area contributed by atoms with E-state index in [4.69, 9.17) is 4.74 Å². The lowest BCUT2D eigenvalue weighted by molar-refractivity contribution is -0.145. The van der Waals surface area contributed by atoms with Gasteiger partial charge in [-0.15, -0.1) is 0 Å². The maximum absolute atomic E-state index is 11.5. The summed E-state index contributed by atoms with van der Waals surface area (Å²) in [5.74, 6) is -0.382. The third-order valence-corrected chi connectivity index (χ3v) is 3.29. The number of hydrogen-bond donors (Lipinski definition) is 1. The molecule has 0 amide bonds. The standard InChI is InChI=1S/C13H16O3/c1-13(12(14)15,7-10-8-16-9-10)11-5-3-2-4-6-11/h2-6,10H,7-9H2,1H3,(H,14,15). The van der Waals surface area contributed by atoms with E-state index in [2.05, 4.69) is 0 Å². The van der Waals surface area contributed by atoms with Gasteiger partial charge in [-0.1, -0.05) is 30.3 Å². The van der Waals surface area contributed by atoms with Gasteiger partial charge >= 0.3 is 5.97 Å². The van der Waals surface area contributed by atoms with Crippen molar-refractivity contribution in [2.45, 2.75) is 18.8 Å². The zero-order valence-electron chi connectivity index (χ0n) is 9.35. The number of ether oxygens (including phenoxy) is 1. The number of hydrogen-bond acceptors (Lipinski definition) is 2. The summed E-state index contributed by atoms with van der Waals surface area (Å²) in [6.07, 6.45) is 0.645. The predicted octanol–water partition coefficient (Wildman–Crippen LogP) is 2.07. The smallest absolute Gasteiger partial charge is 0.313 e. The van der Waals surface area contributed by atoms with Crippen molar-refractivity contribution < 1.29 is 14.6 Å². The van der Waals surface area contributed by atoms with Crippen molar-refractivity contribution in [3.8, 4) is 0 Å². The summed E-state index contributed by atoms with van der Waals surface area (Å²) >= 11 is 0. The topological polar surface area (TPSA) is 46.5 Å². The predicted molar refractivity (Wildman–Crippen MR) is 60.4 cm³/mol. The van der Waals surface area contributed by atoms with Gasteiger partial charge in [0.1, 0.15) is 0 Å². The largest absolute Gasteiger partial charge is 0.481 e. The number of aliphatic carboxylic acids is 1. The fourth-order valence-electron chi connectivity index (χ4n) is 2.11. The summed E-state index contributed by atoms with van der Waals surface area (Å²) in [7, 11) is 0. The number of carboxylic acids is 1. The Kier molecular flexibility index (Phi) is 2.97. The molecule has 1 aromatic rings. The maximum atomic E-state index is 11.5. The lowest BCUT2D eigenvalue weighted by Crippen LogP contribution is -2.40. The molecule has 1 fully saturated rings. The average molecular weight is 220 g/mol. The second kappa shape index (κ2) is 4.26. The van der Waals surface area contributed by atoms with Crippen molar-refractivity contribution in [2.24, 2.45) is 5.92 Å². The molecule has 1 aliphatic heterocycles. The fourth-order valence-corrected chi connectivity index (χ4v) is 2.11. The first-order valence-electron chi connectivity index (χ1n) is 5.49. The number of carboxylic acid groups (broad SMARTS) is 1. The molecule has 1 saturated heterocycles. The van der Waals surface area contributed by atoms with Gasteiger partial charge in [0.25, 0.3) is 0 Å². The van der Waals surface area contributed by atoms with Crippen molar-refractivity contribution >= 4 is 5.97 Å². The molecule has 0 aliphatic carbocycles. The molecular weight excluding hydrogens is 204 g/mol. The van der Waals surface area contributed by atoms with Crippen LogP contribution in [0.4, 0.5) is 0 Å². The van der Waals surface area contributed by atoms with Crippen LogP contribution in [0.25, 0.3) is 0 Å². The minimum atomic E-state index is -0.796. The zero-order chi connectivity index (χ0) is 11.6. The molecule has 0 radical (unpaired) electrons. The molecule has 1 atom stereocenters. The number of benzene rings is 1. The van der Waals surface area contributed by atoms with Gasteiger partial charge < -0.3 is 9.84 Å². The van der Waals surface area contributed by atoms with Crippen molar-refractivity contribution in [2.75, 3.05) is 13.2 Å². The van der Waals surface area contributed by atoms with Gasteiger partial charge in [-0.2, -0.15) is 0 Å². The third kappa shape index (κ3) is 1.95. The van der Waals surface area contributed by atoms with E-state index < -0.39 is 11.4 Å². The van der Waals surface area contributed by atoms with E-state index in [9.17, 15) is 9.90 Å². The van der Waals surface area contributed by atoms with E-state index in [1.165, 1.54) is 0 Å². The molecule has 86 valence electrons. The molecule has 0 aromatic heterocycles. The van der Waals surface area contributed by atoms with Crippen molar-refractivity contribution in [3.05, 3.63) is 35.9 Å². The highest BCUT2D eigenvalue weighted by Gasteiger charge is 2.39. The Morgan fingerprint density at radius 2 is 2.06 bits per heavy atom. The van der Waals surface area contributed by atoms with E-state index in [1.807, 2.05) is 30.3 Å². The lowest BCUT2D eigenvalue weighted by atomic mass is 9.75. The molecule has 1 unspecified atom stereocenters. The van der Waals surface area contributed by atoms with E-state index in [0.29, 0.717) is 25.6 Å². The molecule has 3 nitrogen and oxygen atoms in total. The highest BCUT2D eigenvalue weighted by molar-refractivity contribution is 5.80. The summed E-state index contributed by atoms with van der Waals surface area (Å²) in [6, 6.07) is 9.43. The molecule has 0 saturated carbocycles. The van der Waals surface area contributed by atoms with Crippen LogP contribution in [0.1, 0.15) is 18.9 Å². The van der Waals surface area contributed by atoms with Crippen molar-refractivity contribution in [1.29, 1.82) is 0 Å². The van der Waals surface area contributed by atoms with Crippen LogP contribution in [0.2, 0.25) is 0 Å². The molecule has 0 bridgehead atoms. The Balaban J connectivity index is 2.24. The van der Waals surface area contributed by atoms with E-state index in [0.717, 1.165) is 5.56 Å². The normalized spacial score (nSPS) is 19.8. The minimum Gasteiger partial charge on any atom is -0.481 e. The van der Waals surface area contributed by atoms with Gasteiger partial charge in [0.15, 0.2) is 0 Å². The van der Waals surface area contributed by atoms with Crippen LogP contribution >= 0.6 is 0 Å². The quantitative estimate of drug-likeness (QED) is 0.844. The van der Waals surface area contributed by atoms with Crippen LogP contribution in [0.3, 0.4) is 0 Å². The van der Waals surface area contributed by atoms with Gasteiger partial charge in [0, 0.05) is 5.92 Å². The monoisotopic (exact) mass is 220 g/mol. The lowest BCUT2D eigenvalue weighted by Gasteiger charge is -2.34. The highest BCUT2D eigenvalue weighted by Crippen LogP contribution is 2.33. The minimum absolute atomic E-state index is 0.376. The summed E-state index contributed by atoms with van der Waals surface area (Å²) in [4.78, 5) is 11.5. The molecule has 1 N–H and O–H groups in total. The molecule has 2 rings (SSSR count). The zero-order valence-corrected chi connectivity index (χ0v) is 9.35. The first kappa shape index (κ1) is 11.1. The van der Waals surface area contributed by atoms with Gasteiger partial charge in [-0.05, 0) is 18.9 Å². The molecule has 1 aromatic carbocycles. The first-order chi connectivity index (χ1) is 7.63. The average Bonchev–Trinajstić information content (AvgIpc) is 2.24. The Labute approximate surface area is 95.0 Å². The van der Waals surface area contributed by atoms with Crippen LogP contribution < -0.4 is 0 Å². The Morgan fingerprint density at radius 3 is 2.50 bits per heavy atom. The number of carbonyl (C=O) groups is 1. The Hall–Kier alpha value is -1.35. The molecule has 0 spiro atoms. The summed E-state index contributed by atoms with van der Waals surface area (Å²) < 4.78 is 5.10. The molecule has 1 heterocycles. The molecule has 3 heteroatoms. The van der Waals surface area contributed by atoms with Crippen LogP contribution in [-0.4, -0.2) is 24.3 Å². The molecule has 16 heavy (non-hydrogen) atoms. The number of rotatable bonds is 4. The van der Waals surface area contributed by atoms with Crippen LogP contribution in [0.15, 0.2) is 30.3 Å². The Morgan fingerprint density at radius 1 is 1.44 bits per heavy atom. The third-order valence-electron chi connectivity index (χ3n) is 3.29. The SMILES string of the molecule is CC(CC1COC1)(C(=O)O)c1ccccc1. The highest BCUT2D eigenvalue weighted by atomic mass is 16.5. The van der Waals surface area contributed by atoms with E-state index >= 15 is 0 Å². The fraction of sp³-hybridized carbons (Fsp3) is 0.462. The second-order valence-electron chi connectivity index (χ2n) is 4.61. The van der Waals surface area contributed by atoms with Crippen LogP contribution in [-0.2, 0) is 14.9 Å². The van der Waals surface area contributed by atoms with E-state index in [1.54, 1.807) is 6.92 Å². The molecule has 1 aliphatic rings. The summed E-state index contributed by atoms with van der Waals surface area (Å²) in [5, 5.41) is 9.41. The van der Waals surface area contributed by atoms with E-state index in [-0.39, 0.29) is 0 Å².